The molecule has 32 heavy (non-hydrogen) atoms. The molecule has 1 aliphatic heterocycles. The summed E-state index contributed by atoms with van der Waals surface area (Å²) in [5, 5.41) is 84.6. The molecule has 1 heterocycles. The molecule has 2 amide bonds. The first-order valence-corrected chi connectivity index (χ1v) is 10.4. The largest absolute Gasteiger partial charge is 0.394 e. The molecule has 2 aliphatic rings. The van der Waals surface area contributed by atoms with Gasteiger partial charge in [0, 0.05) is 12.7 Å². The Bertz CT molecular complexity index is 643. The maximum Gasteiger partial charge on any atom is 0.243 e. The Morgan fingerprint density at radius 3 is 1.94 bits per heavy atom. The second-order valence-corrected chi connectivity index (χ2v) is 8.10. The summed E-state index contributed by atoms with van der Waals surface area (Å²) in [7, 11) is 0. The zero-order valence-electron chi connectivity index (χ0n) is 17.0. The summed E-state index contributed by atoms with van der Waals surface area (Å²) in [6.45, 7) is 0.393. The first-order valence-electron chi connectivity index (χ1n) is 9.81. The summed E-state index contributed by atoms with van der Waals surface area (Å²) >= 11 is 3.97. The van der Waals surface area contributed by atoms with Crippen molar-refractivity contribution in [2.24, 2.45) is 0 Å². The highest BCUT2D eigenvalue weighted by Crippen LogP contribution is 2.29. The molecule has 1 saturated carbocycles. The zero-order chi connectivity index (χ0) is 24.3. The Labute approximate surface area is 188 Å². The third-order valence-electron chi connectivity index (χ3n) is 5.43. The zero-order valence-corrected chi connectivity index (χ0v) is 17.9. The molecule has 1 aliphatic carbocycles. The molecule has 0 spiro atoms. The van der Waals surface area contributed by atoms with Crippen molar-refractivity contribution in [2.75, 3.05) is 12.4 Å². The monoisotopic (exact) mass is 486 g/mol. The van der Waals surface area contributed by atoms with Crippen LogP contribution in [0.25, 0.3) is 0 Å². The van der Waals surface area contributed by atoms with E-state index in [0.29, 0.717) is 0 Å². The third-order valence-corrected chi connectivity index (χ3v) is 5.80. The van der Waals surface area contributed by atoms with E-state index in [-0.39, 0.29) is 5.75 Å². The normalized spacial score (nSPS) is 43.4. The molecule has 0 radical (unpaired) electrons. The highest BCUT2D eigenvalue weighted by Gasteiger charge is 2.53. The van der Waals surface area contributed by atoms with Gasteiger partial charge in [-0.1, -0.05) is 0 Å². The van der Waals surface area contributed by atoms with Crippen molar-refractivity contribution < 1.29 is 59.9 Å². The van der Waals surface area contributed by atoms with Gasteiger partial charge in [-0.05, 0) is 0 Å². The maximum absolute atomic E-state index is 12.6. The standard InChI is InChI=1S/C17H30N2O12S/c1-4(21)18-5(3-32)16(29)19-7-9(23)8(22)6(2-20)30-17(7)31-15-13(27)11(25)10(24)12(26)14(15)28/h5-15,17,20,22-28,32H,2-3H2,1H3,(H,18,21)(H,19,29)/t5-,6+,7+,8+,9+,10?,11-,12+,13+,14+,15?,17+/m0/s1. The molecule has 0 aromatic heterocycles. The number of hydrogen-bond acceptors (Lipinski definition) is 13. The Morgan fingerprint density at radius 2 is 1.47 bits per heavy atom. The maximum atomic E-state index is 12.6. The van der Waals surface area contributed by atoms with Gasteiger partial charge < -0.3 is 61.0 Å². The molecule has 186 valence electrons. The SMILES string of the molecule is CC(=O)N[C@@H](CS)C(=O)N[C@H]1[C@@H](OC2[C@H](O)[C@H](O)C(O)[C@H](O)[C@H]2O)O[C@H](CO)[C@@H](O)[C@@H]1O. The first kappa shape index (κ1) is 27.1. The van der Waals surface area contributed by atoms with Gasteiger partial charge in [-0.2, -0.15) is 12.6 Å². The minimum Gasteiger partial charge on any atom is -0.394 e. The summed E-state index contributed by atoms with van der Waals surface area (Å²) in [6.07, 6.45) is -17.8. The second-order valence-electron chi connectivity index (χ2n) is 7.73. The van der Waals surface area contributed by atoms with Crippen LogP contribution in [0.5, 0.6) is 0 Å². The Balaban J connectivity index is 2.27. The van der Waals surface area contributed by atoms with Gasteiger partial charge in [-0.3, -0.25) is 9.59 Å². The summed E-state index contributed by atoms with van der Waals surface area (Å²) in [5.74, 6) is -1.51. The van der Waals surface area contributed by atoms with Crippen molar-refractivity contribution in [1.29, 1.82) is 0 Å². The molecule has 0 bridgehead atoms. The fourth-order valence-corrected chi connectivity index (χ4v) is 3.83. The van der Waals surface area contributed by atoms with Crippen LogP contribution in [0.3, 0.4) is 0 Å². The van der Waals surface area contributed by atoms with E-state index >= 15 is 0 Å². The van der Waals surface area contributed by atoms with Crippen LogP contribution in [-0.4, -0.2) is 138 Å². The van der Waals surface area contributed by atoms with Crippen molar-refractivity contribution >= 4 is 24.4 Å². The number of aliphatic hydroxyl groups is 8. The molecule has 10 N–H and O–H groups in total. The first-order chi connectivity index (χ1) is 14.9. The molecule has 15 heteroatoms. The van der Waals surface area contributed by atoms with Gasteiger partial charge in [0.05, 0.1) is 6.61 Å². The number of carbonyl (C=O) groups excluding carboxylic acids is 2. The van der Waals surface area contributed by atoms with E-state index in [1.807, 2.05) is 0 Å². The van der Waals surface area contributed by atoms with E-state index < -0.39 is 91.7 Å². The molecule has 0 aromatic rings. The van der Waals surface area contributed by atoms with Gasteiger partial charge in [0.2, 0.25) is 11.8 Å². The van der Waals surface area contributed by atoms with E-state index in [1.54, 1.807) is 0 Å². The fraction of sp³-hybridized carbons (Fsp3) is 0.882. The molecule has 2 rings (SSSR count). The van der Waals surface area contributed by atoms with E-state index in [4.69, 9.17) is 9.47 Å². The number of hydrogen-bond donors (Lipinski definition) is 11. The van der Waals surface area contributed by atoms with E-state index in [9.17, 15) is 50.4 Å². The van der Waals surface area contributed by atoms with Crippen LogP contribution in [-0.2, 0) is 19.1 Å². The molecule has 0 aromatic carbocycles. The number of nitrogens with one attached hydrogen (secondary N) is 2. The van der Waals surface area contributed by atoms with Gasteiger partial charge in [0.25, 0.3) is 0 Å². The van der Waals surface area contributed by atoms with Gasteiger partial charge in [0.15, 0.2) is 6.29 Å². The number of carbonyl (C=O) groups is 2. The minimum atomic E-state index is -1.91. The van der Waals surface area contributed by atoms with E-state index in [2.05, 4.69) is 23.3 Å². The summed E-state index contributed by atoms with van der Waals surface area (Å²) < 4.78 is 10.8. The Hall–Kier alpha value is -1.11. The summed E-state index contributed by atoms with van der Waals surface area (Å²) in [5.41, 5.74) is 0. The van der Waals surface area contributed by atoms with Crippen LogP contribution in [0.4, 0.5) is 0 Å². The Kier molecular flexibility index (Phi) is 9.62. The number of aliphatic hydroxyl groups excluding tert-OH is 8. The molecule has 14 nitrogen and oxygen atoms in total. The molecule has 1 saturated heterocycles. The van der Waals surface area contributed by atoms with Crippen LogP contribution >= 0.6 is 12.6 Å². The number of rotatable bonds is 7. The van der Waals surface area contributed by atoms with Crippen molar-refractivity contribution in [3.05, 3.63) is 0 Å². The van der Waals surface area contributed by atoms with Crippen LogP contribution in [0.1, 0.15) is 6.92 Å². The highest BCUT2D eigenvalue weighted by molar-refractivity contribution is 7.80. The predicted octanol–water partition coefficient (Wildman–Crippen LogP) is -6.45. The molecular weight excluding hydrogens is 456 g/mol. The smallest absolute Gasteiger partial charge is 0.243 e. The number of ether oxygens (including phenoxy) is 2. The van der Waals surface area contributed by atoms with Gasteiger partial charge >= 0.3 is 0 Å². The van der Waals surface area contributed by atoms with Gasteiger partial charge in [0.1, 0.15) is 67.0 Å². The Morgan fingerprint density at radius 1 is 0.938 bits per heavy atom. The summed E-state index contributed by atoms with van der Waals surface area (Å²) in [6, 6.07) is -2.68. The quantitative estimate of drug-likeness (QED) is 0.151. The van der Waals surface area contributed by atoms with E-state index in [0.717, 1.165) is 0 Å². The molecule has 2 unspecified atom stereocenters. The van der Waals surface area contributed by atoms with Crippen LogP contribution in [0.2, 0.25) is 0 Å². The van der Waals surface area contributed by atoms with Crippen molar-refractivity contribution in [1.82, 2.24) is 10.6 Å². The fourth-order valence-electron chi connectivity index (χ4n) is 3.57. The van der Waals surface area contributed by atoms with Gasteiger partial charge in [-0.15, -0.1) is 0 Å². The number of amides is 2. The van der Waals surface area contributed by atoms with Crippen molar-refractivity contribution in [3.8, 4) is 0 Å². The lowest BCUT2D eigenvalue weighted by Crippen LogP contribution is -2.69. The lowest BCUT2D eigenvalue weighted by molar-refractivity contribution is -0.319. The minimum absolute atomic E-state index is 0.126. The number of thiol groups is 1. The third kappa shape index (κ3) is 5.68. The topological polar surface area (TPSA) is 238 Å². The van der Waals surface area contributed by atoms with E-state index in [1.165, 1.54) is 6.92 Å². The van der Waals surface area contributed by atoms with Crippen LogP contribution < -0.4 is 10.6 Å². The molecule has 2 fully saturated rings. The summed E-state index contributed by atoms with van der Waals surface area (Å²) in [4.78, 5) is 23.8. The predicted molar refractivity (Wildman–Crippen MR) is 106 cm³/mol. The molecule has 12 atom stereocenters. The van der Waals surface area contributed by atoms with Gasteiger partial charge in [-0.25, -0.2) is 0 Å². The molecular formula is C17H30N2O12S. The second kappa shape index (κ2) is 11.3. The van der Waals surface area contributed by atoms with Crippen LogP contribution in [0.15, 0.2) is 0 Å². The highest BCUT2D eigenvalue weighted by atomic mass is 32.1. The average Bonchev–Trinajstić information content (AvgIpc) is 2.76. The van der Waals surface area contributed by atoms with Crippen LogP contribution in [0, 0.1) is 0 Å². The van der Waals surface area contributed by atoms with Crippen molar-refractivity contribution in [2.45, 2.75) is 80.2 Å². The average molecular weight is 486 g/mol. The van der Waals surface area contributed by atoms with Crippen molar-refractivity contribution in [3.63, 3.8) is 0 Å². The lowest BCUT2D eigenvalue weighted by Gasteiger charge is -2.47. The lowest BCUT2D eigenvalue weighted by atomic mass is 9.84.